The van der Waals surface area contributed by atoms with Gasteiger partial charge in [-0.15, -0.1) is 11.3 Å². The van der Waals surface area contributed by atoms with Crippen LogP contribution in [-0.4, -0.2) is 29.0 Å². The molecular weight excluding hydrogens is 308 g/mol. The SMILES string of the molecule is NC(=O)[C@H]1CCN(c2ncnc3sc(-c4ccccc4)cc23)C1. The third kappa shape index (κ3) is 2.55. The maximum absolute atomic E-state index is 11.4. The largest absolute Gasteiger partial charge is 0.369 e. The Labute approximate surface area is 137 Å². The Morgan fingerprint density at radius 2 is 2.09 bits per heavy atom. The van der Waals surface area contributed by atoms with Gasteiger partial charge in [0.25, 0.3) is 0 Å². The minimum Gasteiger partial charge on any atom is -0.369 e. The van der Waals surface area contributed by atoms with Gasteiger partial charge in [-0.05, 0) is 18.1 Å². The minimum absolute atomic E-state index is 0.0905. The van der Waals surface area contributed by atoms with Gasteiger partial charge in [0.1, 0.15) is 17.0 Å². The fraction of sp³-hybridized carbons (Fsp3) is 0.235. The fourth-order valence-electron chi connectivity index (χ4n) is 3.02. The molecule has 0 radical (unpaired) electrons. The highest BCUT2D eigenvalue weighted by Crippen LogP contribution is 2.37. The first-order valence-corrected chi connectivity index (χ1v) is 8.38. The zero-order valence-corrected chi connectivity index (χ0v) is 13.3. The average Bonchev–Trinajstić information content (AvgIpc) is 3.22. The first kappa shape index (κ1) is 14.1. The monoisotopic (exact) mass is 324 g/mol. The number of thiophene rings is 1. The zero-order valence-electron chi connectivity index (χ0n) is 12.5. The molecule has 2 aromatic heterocycles. The van der Waals surface area contributed by atoms with E-state index in [9.17, 15) is 4.79 Å². The molecule has 0 aliphatic carbocycles. The van der Waals surface area contributed by atoms with Crippen LogP contribution in [0.3, 0.4) is 0 Å². The van der Waals surface area contributed by atoms with E-state index in [0.29, 0.717) is 6.54 Å². The highest BCUT2D eigenvalue weighted by atomic mass is 32.1. The van der Waals surface area contributed by atoms with Gasteiger partial charge in [0.2, 0.25) is 5.91 Å². The van der Waals surface area contributed by atoms with E-state index in [4.69, 9.17) is 5.73 Å². The topological polar surface area (TPSA) is 72.1 Å². The first-order valence-electron chi connectivity index (χ1n) is 7.56. The Balaban J connectivity index is 1.74. The lowest BCUT2D eigenvalue weighted by Crippen LogP contribution is -2.27. The van der Waals surface area contributed by atoms with E-state index in [0.717, 1.165) is 29.0 Å². The lowest BCUT2D eigenvalue weighted by molar-refractivity contribution is -0.121. The second-order valence-corrected chi connectivity index (χ2v) is 6.76. The molecule has 5 nitrogen and oxygen atoms in total. The van der Waals surface area contributed by atoms with Gasteiger partial charge in [-0.3, -0.25) is 4.79 Å². The first-order chi connectivity index (χ1) is 11.2. The third-order valence-corrected chi connectivity index (χ3v) is 5.35. The van der Waals surface area contributed by atoms with Crippen molar-refractivity contribution in [3.05, 3.63) is 42.7 Å². The van der Waals surface area contributed by atoms with E-state index in [1.807, 2.05) is 18.2 Å². The minimum atomic E-state index is -0.229. The van der Waals surface area contributed by atoms with Crippen molar-refractivity contribution in [2.24, 2.45) is 11.7 Å². The van der Waals surface area contributed by atoms with E-state index in [-0.39, 0.29) is 11.8 Å². The zero-order chi connectivity index (χ0) is 15.8. The predicted molar refractivity (Wildman–Crippen MR) is 92.4 cm³/mol. The number of fused-ring (bicyclic) bond motifs is 1. The van der Waals surface area contributed by atoms with Gasteiger partial charge in [-0.1, -0.05) is 30.3 Å². The lowest BCUT2D eigenvalue weighted by atomic mass is 10.1. The van der Waals surface area contributed by atoms with Crippen molar-refractivity contribution >= 4 is 33.3 Å². The predicted octanol–water partition coefficient (Wildman–Crippen LogP) is 2.67. The number of hydrogen-bond donors (Lipinski definition) is 1. The molecule has 0 bridgehead atoms. The van der Waals surface area contributed by atoms with Gasteiger partial charge in [-0.25, -0.2) is 9.97 Å². The number of carbonyl (C=O) groups is 1. The quantitative estimate of drug-likeness (QED) is 0.804. The molecule has 3 aromatic rings. The van der Waals surface area contributed by atoms with Crippen LogP contribution in [0.1, 0.15) is 6.42 Å². The van der Waals surface area contributed by atoms with Gasteiger partial charge in [-0.2, -0.15) is 0 Å². The van der Waals surface area contributed by atoms with Gasteiger partial charge in [0, 0.05) is 18.0 Å². The average molecular weight is 324 g/mol. The number of nitrogens with two attached hydrogens (primary N) is 1. The number of amides is 1. The fourth-order valence-corrected chi connectivity index (χ4v) is 4.02. The van der Waals surface area contributed by atoms with Crippen molar-refractivity contribution in [2.75, 3.05) is 18.0 Å². The van der Waals surface area contributed by atoms with Gasteiger partial charge in [0.05, 0.1) is 11.3 Å². The summed E-state index contributed by atoms with van der Waals surface area (Å²) < 4.78 is 0. The number of nitrogens with zero attached hydrogens (tertiary/aromatic N) is 3. The molecule has 23 heavy (non-hydrogen) atoms. The Morgan fingerprint density at radius 1 is 1.26 bits per heavy atom. The third-order valence-electron chi connectivity index (χ3n) is 4.26. The summed E-state index contributed by atoms with van der Waals surface area (Å²) in [5, 5.41) is 1.04. The molecule has 1 aliphatic heterocycles. The molecule has 4 rings (SSSR count). The van der Waals surface area contributed by atoms with E-state index >= 15 is 0 Å². The van der Waals surface area contributed by atoms with Crippen molar-refractivity contribution < 1.29 is 4.79 Å². The number of benzene rings is 1. The number of primary amides is 1. The van der Waals surface area contributed by atoms with Crippen molar-refractivity contribution in [3.63, 3.8) is 0 Å². The van der Waals surface area contributed by atoms with Crippen molar-refractivity contribution in [2.45, 2.75) is 6.42 Å². The van der Waals surface area contributed by atoms with Crippen LogP contribution >= 0.6 is 11.3 Å². The Kier molecular flexibility index (Phi) is 3.46. The van der Waals surface area contributed by atoms with E-state index in [1.54, 1.807) is 17.7 Å². The van der Waals surface area contributed by atoms with Crippen LogP contribution in [0, 0.1) is 5.92 Å². The Hall–Kier alpha value is -2.47. The van der Waals surface area contributed by atoms with E-state index in [2.05, 4.69) is 33.1 Å². The highest BCUT2D eigenvalue weighted by Gasteiger charge is 2.28. The molecule has 0 unspecified atom stereocenters. The summed E-state index contributed by atoms with van der Waals surface area (Å²) >= 11 is 1.66. The highest BCUT2D eigenvalue weighted by molar-refractivity contribution is 7.21. The van der Waals surface area contributed by atoms with Crippen LogP contribution in [0.4, 0.5) is 5.82 Å². The van der Waals surface area contributed by atoms with Crippen LogP contribution in [0.25, 0.3) is 20.7 Å². The summed E-state index contributed by atoms with van der Waals surface area (Å²) in [6.07, 6.45) is 2.39. The molecule has 0 spiro atoms. The molecule has 0 saturated carbocycles. The van der Waals surface area contributed by atoms with Gasteiger partial charge in [0.15, 0.2) is 0 Å². The van der Waals surface area contributed by atoms with E-state index in [1.165, 1.54) is 10.4 Å². The summed E-state index contributed by atoms with van der Waals surface area (Å²) in [5.41, 5.74) is 6.61. The Bertz CT molecular complexity index is 861. The second-order valence-electron chi connectivity index (χ2n) is 5.73. The molecular formula is C17H16N4OS. The smallest absolute Gasteiger partial charge is 0.222 e. The molecule has 2 N–H and O–H groups in total. The molecule has 1 aromatic carbocycles. The number of carbonyl (C=O) groups excluding carboxylic acids is 1. The molecule has 116 valence electrons. The number of anilines is 1. The molecule has 1 fully saturated rings. The molecule has 6 heteroatoms. The Morgan fingerprint density at radius 3 is 2.83 bits per heavy atom. The molecule has 1 amide bonds. The summed E-state index contributed by atoms with van der Waals surface area (Å²) in [4.78, 5) is 24.5. The standard InChI is InChI=1S/C17H16N4OS/c18-15(22)12-6-7-21(9-12)16-13-8-14(11-4-2-1-3-5-11)23-17(13)20-10-19-16/h1-5,8,10,12H,6-7,9H2,(H2,18,22)/t12-/m0/s1. The second kappa shape index (κ2) is 5.62. The maximum atomic E-state index is 11.4. The van der Waals surface area contributed by atoms with Crippen LogP contribution in [0.2, 0.25) is 0 Å². The molecule has 1 atom stereocenters. The number of aromatic nitrogens is 2. The van der Waals surface area contributed by atoms with E-state index < -0.39 is 0 Å². The van der Waals surface area contributed by atoms with Crippen molar-refractivity contribution in [1.29, 1.82) is 0 Å². The van der Waals surface area contributed by atoms with Crippen LogP contribution in [0.15, 0.2) is 42.7 Å². The van der Waals surface area contributed by atoms with Gasteiger partial charge < -0.3 is 10.6 Å². The normalized spacial score (nSPS) is 17.7. The lowest BCUT2D eigenvalue weighted by Gasteiger charge is -2.17. The van der Waals surface area contributed by atoms with Crippen molar-refractivity contribution in [1.82, 2.24) is 9.97 Å². The number of rotatable bonds is 3. The van der Waals surface area contributed by atoms with Crippen LogP contribution in [-0.2, 0) is 4.79 Å². The number of hydrogen-bond acceptors (Lipinski definition) is 5. The van der Waals surface area contributed by atoms with Crippen molar-refractivity contribution in [3.8, 4) is 10.4 Å². The summed E-state index contributed by atoms with van der Waals surface area (Å²) in [5.74, 6) is 0.581. The van der Waals surface area contributed by atoms with Gasteiger partial charge >= 0.3 is 0 Å². The molecule has 3 heterocycles. The summed E-state index contributed by atoms with van der Waals surface area (Å²) in [6, 6.07) is 12.4. The molecule has 1 saturated heterocycles. The molecule has 1 aliphatic rings. The van der Waals surface area contributed by atoms with Crippen LogP contribution in [0.5, 0.6) is 0 Å². The maximum Gasteiger partial charge on any atom is 0.222 e. The van der Waals surface area contributed by atoms with Crippen LogP contribution < -0.4 is 10.6 Å². The summed E-state index contributed by atoms with van der Waals surface area (Å²) in [7, 11) is 0. The summed E-state index contributed by atoms with van der Waals surface area (Å²) in [6.45, 7) is 1.44.